The van der Waals surface area contributed by atoms with E-state index in [1.54, 1.807) is 0 Å². The Labute approximate surface area is 81.4 Å². The molecule has 3 heteroatoms. The van der Waals surface area contributed by atoms with Crippen molar-refractivity contribution in [2.45, 2.75) is 26.2 Å². The third-order valence-electron chi connectivity index (χ3n) is 2.50. The van der Waals surface area contributed by atoms with Gasteiger partial charge in [-0.05, 0) is 32.9 Å². The number of rotatable bonds is 4. The minimum Gasteiger partial charge on any atom is -0.302 e. The van der Waals surface area contributed by atoms with Gasteiger partial charge in [0.25, 0.3) is 0 Å². The van der Waals surface area contributed by atoms with Crippen LogP contribution in [0, 0.1) is 0 Å². The van der Waals surface area contributed by atoms with Gasteiger partial charge in [-0.15, -0.1) is 0 Å². The molecule has 0 bridgehead atoms. The van der Waals surface area contributed by atoms with Gasteiger partial charge in [-0.3, -0.25) is 5.01 Å². The number of piperidine rings is 1. The van der Waals surface area contributed by atoms with Crippen molar-refractivity contribution in [3.8, 4) is 0 Å². The zero-order chi connectivity index (χ0) is 9.52. The number of nitrogens with zero attached hydrogens (tertiary/aromatic N) is 3. The number of hydrazone groups is 1. The van der Waals surface area contributed by atoms with E-state index in [4.69, 9.17) is 0 Å². The maximum atomic E-state index is 4.19. The largest absolute Gasteiger partial charge is 0.302 e. The number of likely N-dealkylation sites (tertiary alicyclic amines) is 1. The van der Waals surface area contributed by atoms with Crippen molar-refractivity contribution < 1.29 is 0 Å². The zero-order valence-electron chi connectivity index (χ0n) is 8.87. The molecule has 0 aliphatic carbocycles. The van der Waals surface area contributed by atoms with Crippen LogP contribution in [0.3, 0.4) is 0 Å². The second-order valence-corrected chi connectivity index (χ2v) is 3.66. The molecule has 0 amide bonds. The molecule has 3 nitrogen and oxygen atoms in total. The molecule has 0 spiro atoms. The van der Waals surface area contributed by atoms with Crippen LogP contribution in [0.1, 0.15) is 26.2 Å². The van der Waals surface area contributed by atoms with Gasteiger partial charge in [-0.25, -0.2) is 0 Å². The Hall–Kier alpha value is -0.570. The molecule has 0 aromatic rings. The highest BCUT2D eigenvalue weighted by molar-refractivity contribution is 5.52. The highest BCUT2D eigenvalue weighted by atomic mass is 15.4. The first-order valence-electron chi connectivity index (χ1n) is 5.25. The molecule has 0 saturated carbocycles. The van der Waals surface area contributed by atoms with E-state index in [0.717, 1.165) is 13.1 Å². The summed E-state index contributed by atoms with van der Waals surface area (Å²) in [5, 5.41) is 6.20. The van der Waals surface area contributed by atoms with Crippen LogP contribution in [0.5, 0.6) is 0 Å². The second kappa shape index (κ2) is 5.97. The summed E-state index contributed by atoms with van der Waals surface area (Å²) in [4.78, 5) is 2.53. The number of likely N-dealkylation sites (N-methyl/N-ethyl adjacent to an activating group) is 1. The lowest BCUT2D eigenvalue weighted by Gasteiger charge is -2.27. The summed E-state index contributed by atoms with van der Waals surface area (Å²) in [5.74, 6) is 0. The Bertz CT molecular complexity index is 150. The molecule has 0 radical (unpaired) electrons. The summed E-state index contributed by atoms with van der Waals surface area (Å²) in [6.45, 7) is 6.73. The average Bonchev–Trinajstić information content (AvgIpc) is 2.17. The monoisotopic (exact) mass is 183 g/mol. The SMILES string of the molecule is CC=NN(C)CCN1CCCCC1. The Kier molecular flexibility index (Phi) is 4.83. The Morgan fingerprint density at radius 1 is 1.31 bits per heavy atom. The molecular weight excluding hydrogens is 162 g/mol. The fourth-order valence-electron chi connectivity index (χ4n) is 1.72. The van der Waals surface area contributed by atoms with Crippen LogP contribution in [0.15, 0.2) is 5.10 Å². The van der Waals surface area contributed by atoms with Crippen molar-refractivity contribution >= 4 is 6.21 Å². The molecule has 1 fully saturated rings. The van der Waals surface area contributed by atoms with Crippen LogP contribution in [-0.2, 0) is 0 Å². The first-order chi connectivity index (χ1) is 6.33. The molecule has 1 aliphatic heterocycles. The van der Waals surface area contributed by atoms with Crippen molar-refractivity contribution in [1.82, 2.24) is 9.91 Å². The minimum absolute atomic E-state index is 1.05. The van der Waals surface area contributed by atoms with Gasteiger partial charge >= 0.3 is 0 Å². The third-order valence-corrected chi connectivity index (χ3v) is 2.50. The molecule has 0 N–H and O–H groups in total. The fourth-order valence-corrected chi connectivity index (χ4v) is 1.72. The zero-order valence-corrected chi connectivity index (χ0v) is 8.87. The summed E-state index contributed by atoms with van der Waals surface area (Å²) < 4.78 is 0. The number of hydrogen-bond donors (Lipinski definition) is 0. The highest BCUT2D eigenvalue weighted by Gasteiger charge is 2.09. The lowest BCUT2D eigenvalue weighted by molar-refractivity contribution is 0.199. The normalized spacial score (nSPS) is 19.5. The second-order valence-electron chi connectivity index (χ2n) is 3.66. The predicted octanol–water partition coefficient (Wildman–Crippen LogP) is 1.41. The summed E-state index contributed by atoms with van der Waals surface area (Å²) in [6.07, 6.45) is 6.01. The van der Waals surface area contributed by atoms with E-state index in [1.807, 2.05) is 25.2 Å². The Morgan fingerprint density at radius 2 is 2.00 bits per heavy atom. The smallest absolute Gasteiger partial charge is 0.0484 e. The van der Waals surface area contributed by atoms with Crippen molar-refractivity contribution in [2.24, 2.45) is 5.10 Å². The van der Waals surface area contributed by atoms with Crippen LogP contribution in [-0.4, -0.2) is 49.4 Å². The van der Waals surface area contributed by atoms with Gasteiger partial charge in [-0.1, -0.05) is 6.42 Å². The van der Waals surface area contributed by atoms with E-state index in [1.165, 1.54) is 32.4 Å². The molecule has 13 heavy (non-hydrogen) atoms. The summed E-state index contributed by atoms with van der Waals surface area (Å²) in [6, 6.07) is 0. The van der Waals surface area contributed by atoms with E-state index in [9.17, 15) is 0 Å². The van der Waals surface area contributed by atoms with Crippen molar-refractivity contribution in [3.05, 3.63) is 0 Å². The van der Waals surface area contributed by atoms with Gasteiger partial charge in [0.15, 0.2) is 0 Å². The van der Waals surface area contributed by atoms with Crippen LogP contribution in [0.25, 0.3) is 0 Å². The van der Waals surface area contributed by atoms with Gasteiger partial charge in [0.05, 0.1) is 0 Å². The fraction of sp³-hybridized carbons (Fsp3) is 0.900. The van der Waals surface area contributed by atoms with Crippen LogP contribution >= 0.6 is 0 Å². The minimum atomic E-state index is 1.05. The Balaban J connectivity index is 2.09. The van der Waals surface area contributed by atoms with Gasteiger partial charge in [0.1, 0.15) is 0 Å². The van der Waals surface area contributed by atoms with Crippen molar-refractivity contribution in [3.63, 3.8) is 0 Å². The van der Waals surface area contributed by atoms with E-state index in [0.29, 0.717) is 0 Å². The summed E-state index contributed by atoms with van der Waals surface area (Å²) in [5.41, 5.74) is 0. The highest BCUT2D eigenvalue weighted by Crippen LogP contribution is 2.07. The predicted molar refractivity (Wildman–Crippen MR) is 57.1 cm³/mol. The van der Waals surface area contributed by atoms with E-state index < -0.39 is 0 Å². The molecule has 0 aromatic heterocycles. The molecule has 0 unspecified atom stereocenters. The first-order valence-corrected chi connectivity index (χ1v) is 5.25. The maximum absolute atomic E-state index is 4.19. The van der Waals surface area contributed by atoms with Crippen molar-refractivity contribution in [2.75, 3.05) is 33.2 Å². The molecular formula is C10H21N3. The Morgan fingerprint density at radius 3 is 2.62 bits per heavy atom. The van der Waals surface area contributed by atoms with Crippen LogP contribution in [0.2, 0.25) is 0 Å². The quantitative estimate of drug-likeness (QED) is 0.485. The lowest BCUT2D eigenvalue weighted by atomic mass is 10.1. The third kappa shape index (κ3) is 4.27. The van der Waals surface area contributed by atoms with Crippen LogP contribution < -0.4 is 0 Å². The van der Waals surface area contributed by atoms with Gasteiger partial charge in [0.2, 0.25) is 0 Å². The molecule has 76 valence electrons. The van der Waals surface area contributed by atoms with Gasteiger partial charge in [0, 0.05) is 26.4 Å². The average molecular weight is 183 g/mol. The molecule has 1 heterocycles. The summed E-state index contributed by atoms with van der Waals surface area (Å²) >= 11 is 0. The van der Waals surface area contributed by atoms with E-state index in [-0.39, 0.29) is 0 Å². The molecule has 1 saturated heterocycles. The summed E-state index contributed by atoms with van der Waals surface area (Å²) in [7, 11) is 2.03. The van der Waals surface area contributed by atoms with Crippen LogP contribution in [0.4, 0.5) is 0 Å². The van der Waals surface area contributed by atoms with Gasteiger partial charge < -0.3 is 4.90 Å². The van der Waals surface area contributed by atoms with E-state index >= 15 is 0 Å². The first kappa shape index (κ1) is 10.5. The molecule has 0 aromatic carbocycles. The standard InChI is InChI=1S/C10H21N3/c1-3-11-12(2)9-10-13-7-5-4-6-8-13/h3H,4-10H2,1-2H3. The molecule has 1 rings (SSSR count). The molecule has 1 aliphatic rings. The van der Waals surface area contributed by atoms with Crippen molar-refractivity contribution in [1.29, 1.82) is 0 Å². The lowest BCUT2D eigenvalue weighted by Crippen LogP contribution is -2.35. The topological polar surface area (TPSA) is 18.8 Å². The van der Waals surface area contributed by atoms with Gasteiger partial charge in [-0.2, -0.15) is 5.10 Å². The number of hydrogen-bond acceptors (Lipinski definition) is 3. The molecule has 0 atom stereocenters. The van der Waals surface area contributed by atoms with E-state index in [2.05, 4.69) is 10.0 Å². The maximum Gasteiger partial charge on any atom is 0.0484 e.